The van der Waals surface area contributed by atoms with Crippen molar-refractivity contribution in [1.82, 2.24) is 0 Å². The lowest BCUT2D eigenvalue weighted by molar-refractivity contribution is 0.155. The number of nitrogens with zero attached hydrogens (tertiary/aromatic N) is 1. The summed E-state index contributed by atoms with van der Waals surface area (Å²) >= 11 is 0. The van der Waals surface area contributed by atoms with Gasteiger partial charge in [-0.2, -0.15) is 5.26 Å². The van der Waals surface area contributed by atoms with E-state index in [1.165, 1.54) is 12.1 Å². The minimum Gasteiger partial charge on any atom is -0.444 e. The molecule has 2 rings (SSSR count). The first-order valence-corrected chi connectivity index (χ1v) is 7.99. The molecule has 0 aliphatic carbocycles. The molecule has 0 heterocycles. The third-order valence-corrected chi connectivity index (χ3v) is 3.83. The van der Waals surface area contributed by atoms with E-state index in [9.17, 15) is 13.2 Å². The number of primary sulfonamides is 1. The van der Waals surface area contributed by atoms with Crippen molar-refractivity contribution in [3.8, 4) is 6.07 Å². The summed E-state index contributed by atoms with van der Waals surface area (Å²) in [5.74, 6) is 0. The normalized spacial score (nSPS) is 10.6. The average molecular weight is 331 g/mol. The van der Waals surface area contributed by atoms with Gasteiger partial charge in [-0.25, -0.2) is 18.4 Å². The Kier molecular flexibility index (Phi) is 4.95. The lowest BCUT2D eigenvalue weighted by Crippen LogP contribution is -2.19. The molecule has 0 fully saturated rings. The molecule has 0 aliphatic heterocycles. The summed E-state index contributed by atoms with van der Waals surface area (Å²) < 4.78 is 28.0. The van der Waals surface area contributed by atoms with Crippen molar-refractivity contribution in [3.63, 3.8) is 0 Å². The fraction of sp³-hybridized carbons (Fsp3) is 0.0667. The van der Waals surface area contributed by atoms with E-state index in [-0.39, 0.29) is 22.8 Å². The topological polar surface area (TPSA) is 122 Å². The molecule has 0 unspecified atom stereocenters. The molecule has 0 bridgehead atoms. The van der Waals surface area contributed by atoms with E-state index in [1.54, 1.807) is 24.3 Å². The van der Waals surface area contributed by atoms with Crippen LogP contribution >= 0.6 is 0 Å². The molecule has 118 valence electrons. The van der Waals surface area contributed by atoms with Crippen LogP contribution in [0.1, 0.15) is 11.1 Å². The fourth-order valence-electron chi connectivity index (χ4n) is 1.81. The van der Waals surface area contributed by atoms with Gasteiger partial charge in [-0.05, 0) is 23.8 Å². The fourth-order valence-corrected chi connectivity index (χ4v) is 2.49. The summed E-state index contributed by atoms with van der Waals surface area (Å²) in [6.07, 6.45) is -0.853. The highest BCUT2D eigenvalue weighted by atomic mass is 32.2. The van der Waals surface area contributed by atoms with Crippen molar-refractivity contribution in [3.05, 3.63) is 59.7 Å². The van der Waals surface area contributed by atoms with Crippen LogP contribution in [0.3, 0.4) is 0 Å². The Morgan fingerprint density at radius 2 is 1.91 bits per heavy atom. The molecule has 0 radical (unpaired) electrons. The Morgan fingerprint density at radius 1 is 1.22 bits per heavy atom. The minimum atomic E-state index is -4.05. The number of carbonyl (C=O) groups excluding carboxylic acids is 1. The number of rotatable bonds is 4. The number of ether oxygens (including phenoxy) is 1. The molecule has 0 saturated carbocycles. The first-order chi connectivity index (χ1) is 10.9. The van der Waals surface area contributed by atoms with Crippen LogP contribution < -0.4 is 10.5 Å². The van der Waals surface area contributed by atoms with Crippen molar-refractivity contribution in [2.45, 2.75) is 11.5 Å². The largest absolute Gasteiger partial charge is 0.444 e. The highest BCUT2D eigenvalue weighted by molar-refractivity contribution is 7.89. The third-order valence-electron chi connectivity index (χ3n) is 2.86. The van der Waals surface area contributed by atoms with E-state index in [2.05, 4.69) is 5.32 Å². The first kappa shape index (κ1) is 16.5. The number of sulfonamides is 1. The Labute approximate surface area is 133 Å². The molecule has 2 aromatic carbocycles. The number of anilines is 1. The summed E-state index contributed by atoms with van der Waals surface area (Å²) in [4.78, 5) is 11.5. The van der Waals surface area contributed by atoms with Gasteiger partial charge in [0, 0.05) is 0 Å². The third kappa shape index (κ3) is 4.54. The van der Waals surface area contributed by atoms with Crippen LogP contribution in [-0.4, -0.2) is 14.5 Å². The molecule has 7 nitrogen and oxygen atoms in total. The van der Waals surface area contributed by atoms with E-state index in [0.717, 1.165) is 11.6 Å². The van der Waals surface area contributed by atoms with E-state index < -0.39 is 16.1 Å². The molecule has 0 spiro atoms. The summed E-state index contributed by atoms with van der Waals surface area (Å²) in [5.41, 5.74) is 0.848. The van der Waals surface area contributed by atoms with Crippen LogP contribution in [0.5, 0.6) is 0 Å². The zero-order valence-corrected chi connectivity index (χ0v) is 12.7. The van der Waals surface area contributed by atoms with E-state index in [0.29, 0.717) is 0 Å². The predicted molar refractivity (Wildman–Crippen MR) is 82.8 cm³/mol. The monoisotopic (exact) mass is 331 g/mol. The second kappa shape index (κ2) is 6.91. The zero-order valence-electron chi connectivity index (χ0n) is 11.9. The number of benzene rings is 2. The molecular weight excluding hydrogens is 318 g/mol. The standard InChI is InChI=1S/C15H13N3O4S/c16-9-12-6-7-14(23(17,20)21)13(8-12)18-15(19)22-10-11-4-2-1-3-5-11/h1-8H,10H2,(H,18,19)(H2,17,20,21). The van der Waals surface area contributed by atoms with Gasteiger partial charge in [0.2, 0.25) is 10.0 Å². The summed E-state index contributed by atoms with van der Waals surface area (Å²) in [5, 5.41) is 16.2. The van der Waals surface area contributed by atoms with Gasteiger partial charge < -0.3 is 4.74 Å². The van der Waals surface area contributed by atoms with Crippen molar-refractivity contribution in [2.24, 2.45) is 5.14 Å². The quantitative estimate of drug-likeness (QED) is 0.886. The Bertz CT molecular complexity index is 858. The number of carbonyl (C=O) groups is 1. The Hall–Kier alpha value is -2.89. The van der Waals surface area contributed by atoms with Gasteiger partial charge >= 0.3 is 6.09 Å². The molecule has 8 heteroatoms. The highest BCUT2D eigenvalue weighted by Gasteiger charge is 2.17. The maximum absolute atomic E-state index is 11.8. The van der Waals surface area contributed by atoms with Gasteiger partial charge in [0.1, 0.15) is 11.5 Å². The second-order valence-corrected chi connectivity index (χ2v) is 6.08. The van der Waals surface area contributed by atoms with E-state index >= 15 is 0 Å². The van der Waals surface area contributed by atoms with Crippen LogP contribution in [0.2, 0.25) is 0 Å². The van der Waals surface area contributed by atoms with Gasteiger partial charge in [0.05, 0.1) is 17.3 Å². The van der Waals surface area contributed by atoms with Crippen LogP contribution in [0.15, 0.2) is 53.4 Å². The van der Waals surface area contributed by atoms with Gasteiger partial charge in [0.15, 0.2) is 0 Å². The molecule has 23 heavy (non-hydrogen) atoms. The van der Waals surface area contributed by atoms with Gasteiger partial charge in [-0.3, -0.25) is 5.32 Å². The number of nitriles is 1. The number of hydrogen-bond donors (Lipinski definition) is 2. The van der Waals surface area contributed by atoms with E-state index in [1.807, 2.05) is 12.1 Å². The molecule has 3 N–H and O–H groups in total. The molecule has 0 aromatic heterocycles. The molecular formula is C15H13N3O4S. The van der Waals surface area contributed by atoms with Gasteiger partial charge in [-0.1, -0.05) is 30.3 Å². The van der Waals surface area contributed by atoms with E-state index in [4.69, 9.17) is 15.1 Å². The lowest BCUT2D eigenvalue weighted by atomic mass is 10.2. The van der Waals surface area contributed by atoms with Crippen molar-refractivity contribution in [2.75, 3.05) is 5.32 Å². The molecule has 1 amide bonds. The van der Waals surface area contributed by atoms with Gasteiger partial charge in [0.25, 0.3) is 0 Å². The highest BCUT2D eigenvalue weighted by Crippen LogP contribution is 2.22. The van der Waals surface area contributed by atoms with Crippen LogP contribution in [-0.2, 0) is 21.4 Å². The SMILES string of the molecule is N#Cc1ccc(S(N)(=O)=O)c(NC(=O)OCc2ccccc2)c1. The number of hydrogen-bond acceptors (Lipinski definition) is 5. The molecule has 0 saturated heterocycles. The molecule has 0 atom stereocenters. The number of nitrogens with one attached hydrogen (secondary N) is 1. The number of amides is 1. The smallest absolute Gasteiger partial charge is 0.411 e. The first-order valence-electron chi connectivity index (χ1n) is 6.45. The molecule has 2 aromatic rings. The summed E-state index contributed by atoms with van der Waals surface area (Å²) in [6.45, 7) is 0.0231. The lowest BCUT2D eigenvalue weighted by Gasteiger charge is -2.10. The van der Waals surface area contributed by atoms with Crippen molar-refractivity contribution in [1.29, 1.82) is 5.26 Å². The van der Waals surface area contributed by atoms with Crippen LogP contribution in [0, 0.1) is 11.3 Å². The van der Waals surface area contributed by atoms with Gasteiger partial charge in [-0.15, -0.1) is 0 Å². The maximum atomic E-state index is 11.8. The Morgan fingerprint density at radius 3 is 2.52 bits per heavy atom. The Balaban J connectivity index is 2.15. The average Bonchev–Trinajstić information content (AvgIpc) is 2.52. The molecule has 0 aliphatic rings. The predicted octanol–water partition coefficient (Wildman–Crippen LogP) is 1.95. The summed E-state index contributed by atoms with van der Waals surface area (Å²) in [6, 6.07) is 14.5. The van der Waals surface area contributed by atoms with Crippen LogP contribution in [0.4, 0.5) is 10.5 Å². The van der Waals surface area contributed by atoms with Crippen molar-refractivity contribution >= 4 is 21.8 Å². The second-order valence-electron chi connectivity index (χ2n) is 4.55. The van der Waals surface area contributed by atoms with Crippen molar-refractivity contribution < 1.29 is 17.9 Å². The zero-order chi connectivity index (χ0) is 16.9. The number of nitrogens with two attached hydrogens (primary N) is 1. The van der Waals surface area contributed by atoms with Crippen LogP contribution in [0.25, 0.3) is 0 Å². The summed E-state index contributed by atoms with van der Waals surface area (Å²) in [7, 11) is -4.05. The minimum absolute atomic E-state index is 0.0231. The maximum Gasteiger partial charge on any atom is 0.411 e.